The first-order chi connectivity index (χ1) is 12.1. The van der Waals surface area contributed by atoms with E-state index in [1.54, 1.807) is 24.2 Å². The SMILES string of the molecule is COc1ccccc1-n1cc(C(=O)NC(C)Cc2cc(C)[nH]n2)cn1. The minimum Gasteiger partial charge on any atom is -0.494 e. The van der Waals surface area contributed by atoms with E-state index in [0.717, 1.165) is 17.1 Å². The molecule has 2 N–H and O–H groups in total. The summed E-state index contributed by atoms with van der Waals surface area (Å²) in [5.74, 6) is 0.528. The van der Waals surface area contributed by atoms with Crippen LogP contribution in [0.4, 0.5) is 0 Å². The molecule has 0 radical (unpaired) electrons. The molecule has 1 amide bonds. The number of aromatic nitrogens is 4. The van der Waals surface area contributed by atoms with Gasteiger partial charge in [0.2, 0.25) is 0 Å². The number of hydrogen-bond donors (Lipinski definition) is 2. The average molecular weight is 339 g/mol. The fourth-order valence-electron chi connectivity index (χ4n) is 2.64. The summed E-state index contributed by atoms with van der Waals surface area (Å²) < 4.78 is 6.97. The van der Waals surface area contributed by atoms with E-state index in [-0.39, 0.29) is 11.9 Å². The van der Waals surface area contributed by atoms with Crippen LogP contribution in [0.5, 0.6) is 5.75 Å². The van der Waals surface area contributed by atoms with Gasteiger partial charge in [0.15, 0.2) is 0 Å². The molecule has 1 atom stereocenters. The van der Waals surface area contributed by atoms with E-state index < -0.39 is 0 Å². The molecule has 0 aliphatic heterocycles. The van der Waals surface area contributed by atoms with Crippen LogP contribution in [0.15, 0.2) is 42.7 Å². The predicted molar refractivity (Wildman–Crippen MR) is 94.1 cm³/mol. The van der Waals surface area contributed by atoms with E-state index in [2.05, 4.69) is 20.6 Å². The van der Waals surface area contributed by atoms with Crippen molar-refractivity contribution in [2.45, 2.75) is 26.3 Å². The number of ether oxygens (including phenoxy) is 1. The lowest BCUT2D eigenvalue weighted by Crippen LogP contribution is -2.34. The molecule has 1 unspecified atom stereocenters. The number of H-pyrrole nitrogens is 1. The van der Waals surface area contributed by atoms with E-state index in [1.165, 1.54) is 0 Å². The lowest BCUT2D eigenvalue weighted by atomic mass is 10.1. The topological polar surface area (TPSA) is 84.8 Å². The van der Waals surface area contributed by atoms with E-state index in [9.17, 15) is 4.79 Å². The van der Waals surface area contributed by atoms with Crippen LogP contribution in [0.2, 0.25) is 0 Å². The first kappa shape index (κ1) is 16.8. The predicted octanol–water partition coefficient (Wildman–Crippen LogP) is 2.27. The maximum Gasteiger partial charge on any atom is 0.254 e. The highest BCUT2D eigenvalue weighted by Crippen LogP contribution is 2.21. The Labute approximate surface area is 146 Å². The number of aromatic amines is 1. The maximum atomic E-state index is 12.4. The highest BCUT2D eigenvalue weighted by atomic mass is 16.5. The van der Waals surface area contributed by atoms with Gasteiger partial charge in [0, 0.05) is 24.4 Å². The first-order valence-electron chi connectivity index (χ1n) is 8.06. The summed E-state index contributed by atoms with van der Waals surface area (Å²) in [6.45, 7) is 3.90. The van der Waals surface area contributed by atoms with E-state index in [0.29, 0.717) is 17.7 Å². The Bertz CT molecular complexity index is 868. The minimum absolute atomic E-state index is 0.0372. The minimum atomic E-state index is -0.166. The summed E-state index contributed by atoms with van der Waals surface area (Å²) in [4.78, 5) is 12.4. The quantitative estimate of drug-likeness (QED) is 0.721. The number of nitrogens with one attached hydrogen (secondary N) is 2. The van der Waals surface area contributed by atoms with Crippen LogP contribution >= 0.6 is 0 Å². The zero-order valence-electron chi connectivity index (χ0n) is 14.5. The lowest BCUT2D eigenvalue weighted by Gasteiger charge is -2.11. The summed E-state index contributed by atoms with van der Waals surface area (Å²) >= 11 is 0. The fourth-order valence-corrected chi connectivity index (χ4v) is 2.64. The van der Waals surface area contributed by atoms with Crippen LogP contribution in [-0.4, -0.2) is 39.0 Å². The van der Waals surface area contributed by atoms with Crippen LogP contribution in [-0.2, 0) is 6.42 Å². The summed E-state index contributed by atoms with van der Waals surface area (Å²) in [5.41, 5.74) is 3.21. The van der Waals surface area contributed by atoms with Crippen molar-refractivity contribution in [3.8, 4) is 11.4 Å². The number of carbonyl (C=O) groups excluding carboxylic acids is 1. The molecule has 7 heteroatoms. The normalized spacial score (nSPS) is 12.0. The lowest BCUT2D eigenvalue weighted by molar-refractivity contribution is 0.0940. The molecule has 7 nitrogen and oxygen atoms in total. The molecule has 0 saturated heterocycles. The van der Waals surface area contributed by atoms with Gasteiger partial charge in [-0.25, -0.2) is 4.68 Å². The van der Waals surface area contributed by atoms with Crippen molar-refractivity contribution in [2.24, 2.45) is 0 Å². The first-order valence-corrected chi connectivity index (χ1v) is 8.06. The Morgan fingerprint density at radius 1 is 1.40 bits per heavy atom. The third kappa shape index (κ3) is 3.88. The fraction of sp³-hybridized carbons (Fsp3) is 0.278. The zero-order chi connectivity index (χ0) is 17.8. The number of hydrogen-bond acceptors (Lipinski definition) is 4. The Morgan fingerprint density at radius 3 is 2.92 bits per heavy atom. The molecule has 0 spiro atoms. The van der Waals surface area contributed by atoms with Gasteiger partial charge in [0.05, 0.1) is 24.6 Å². The molecule has 0 fully saturated rings. The van der Waals surface area contributed by atoms with E-state index in [1.807, 2.05) is 44.2 Å². The molecule has 2 heterocycles. The van der Waals surface area contributed by atoms with Crippen molar-refractivity contribution in [3.63, 3.8) is 0 Å². The largest absolute Gasteiger partial charge is 0.494 e. The van der Waals surface area contributed by atoms with Crippen LogP contribution in [0.1, 0.15) is 28.7 Å². The smallest absolute Gasteiger partial charge is 0.254 e. The molecule has 0 bridgehead atoms. The standard InChI is InChI=1S/C18H21N5O2/c1-12(8-15-9-13(2)21-22-15)20-18(24)14-10-19-23(11-14)16-6-4-5-7-17(16)25-3/h4-7,9-12H,8H2,1-3H3,(H,20,24)(H,21,22). The van der Waals surface area contributed by atoms with Gasteiger partial charge in [0.25, 0.3) is 5.91 Å². The van der Waals surface area contributed by atoms with E-state index >= 15 is 0 Å². The Hall–Kier alpha value is -3.09. The van der Waals surface area contributed by atoms with Crippen LogP contribution < -0.4 is 10.1 Å². The molecular weight excluding hydrogens is 318 g/mol. The molecule has 25 heavy (non-hydrogen) atoms. The molecule has 0 aliphatic rings. The second kappa shape index (κ2) is 7.21. The van der Waals surface area contributed by atoms with Gasteiger partial charge in [-0.3, -0.25) is 9.89 Å². The molecule has 0 saturated carbocycles. The molecule has 0 aliphatic carbocycles. The number of aryl methyl sites for hydroxylation is 1. The molecule has 2 aromatic heterocycles. The van der Waals surface area contributed by atoms with Crippen LogP contribution in [0, 0.1) is 6.92 Å². The zero-order valence-corrected chi connectivity index (χ0v) is 14.5. The maximum absolute atomic E-state index is 12.4. The van der Waals surface area contributed by atoms with Crippen molar-refractivity contribution >= 4 is 5.91 Å². The van der Waals surface area contributed by atoms with Gasteiger partial charge >= 0.3 is 0 Å². The van der Waals surface area contributed by atoms with Crippen molar-refractivity contribution < 1.29 is 9.53 Å². The summed E-state index contributed by atoms with van der Waals surface area (Å²) in [6.07, 6.45) is 3.91. The summed E-state index contributed by atoms with van der Waals surface area (Å²) in [6, 6.07) is 9.46. The van der Waals surface area contributed by atoms with E-state index in [4.69, 9.17) is 4.74 Å². The molecule has 130 valence electrons. The van der Waals surface area contributed by atoms with Crippen LogP contribution in [0.3, 0.4) is 0 Å². The Balaban J connectivity index is 1.68. The number of nitrogens with zero attached hydrogens (tertiary/aromatic N) is 3. The van der Waals surface area contributed by atoms with Gasteiger partial charge in [-0.2, -0.15) is 10.2 Å². The second-order valence-electron chi connectivity index (χ2n) is 5.97. The van der Waals surface area contributed by atoms with Crippen LogP contribution in [0.25, 0.3) is 5.69 Å². The van der Waals surface area contributed by atoms with Gasteiger partial charge < -0.3 is 10.1 Å². The van der Waals surface area contributed by atoms with Gasteiger partial charge in [-0.05, 0) is 32.0 Å². The molecular formula is C18H21N5O2. The van der Waals surface area contributed by atoms with Gasteiger partial charge in [0.1, 0.15) is 11.4 Å². The molecule has 1 aromatic carbocycles. The number of methoxy groups -OCH3 is 1. The number of benzene rings is 1. The van der Waals surface area contributed by atoms with Crippen molar-refractivity contribution in [1.29, 1.82) is 0 Å². The second-order valence-corrected chi connectivity index (χ2v) is 5.97. The van der Waals surface area contributed by atoms with Gasteiger partial charge in [-0.1, -0.05) is 12.1 Å². The van der Waals surface area contributed by atoms with Gasteiger partial charge in [-0.15, -0.1) is 0 Å². The van der Waals surface area contributed by atoms with Crippen molar-refractivity contribution in [1.82, 2.24) is 25.3 Å². The highest BCUT2D eigenvalue weighted by molar-refractivity contribution is 5.94. The van der Waals surface area contributed by atoms with Crippen molar-refractivity contribution in [2.75, 3.05) is 7.11 Å². The molecule has 3 aromatic rings. The monoisotopic (exact) mass is 339 g/mol. The Morgan fingerprint density at radius 2 is 2.20 bits per heavy atom. The number of amides is 1. The third-order valence-corrected chi connectivity index (χ3v) is 3.83. The summed E-state index contributed by atoms with van der Waals surface area (Å²) in [5, 5.41) is 14.3. The van der Waals surface area contributed by atoms with Crippen molar-refractivity contribution in [3.05, 3.63) is 59.7 Å². The number of para-hydroxylation sites is 2. The number of rotatable bonds is 6. The molecule has 3 rings (SSSR count). The Kier molecular flexibility index (Phi) is 4.83. The summed E-state index contributed by atoms with van der Waals surface area (Å²) in [7, 11) is 1.61. The highest BCUT2D eigenvalue weighted by Gasteiger charge is 2.15. The third-order valence-electron chi connectivity index (χ3n) is 3.83. The number of carbonyl (C=O) groups is 1. The average Bonchev–Trinajstić information content (AvgIpc) is 3.24.